The Labute approximate surface area is 156 Å². The first-order valence-corrected chi connectivity index (χ1v) is 9.41. The topological polar surface area (TPSA) is 75.4 Å². The van der Waals surface area contributed by atoms with E-state index in [9.17, 15) is 4.79 Å². The molecule has 7 heteroatoms. The smallest absolute Gasteiger partial charge is 0.227 e. The van der Waals surface area contributed by atoms with Crippen LogP contribution in [0.1, 0.15) is 24.1 Å². The zero-order chi connectivity index (χ0) is 18.2. The average molecular weight is 363 g/mol. The Hall–Kier alpha value is -2.80. The van der Waals surface area contributed by atoms with Crippen LogP contribution in [0.2, 0.25) is 0 Å². The van der Waals surface area contributed by atoms with Crippen molar-refractivity contribution in [2.24, 2.45) is 5.92 Å². The van der Waals surface area contributed by atoms with Crippen LogP contribution in [-0.4, -0.2) is 50.1 Å². The third-order valence-electron chi connectivity index (χ3n) is 5.69. The van der Waals surface area contributed by atoms with Gasteiger partial charge in [0, 0.05) is 31.9 Å². The van der Waals surface area contributed by atoms with E-state index in [0.717, 1.165) is 54.8 Å². The van der Waals surface area contributed by atoms with E-state index in [-0.39, 0.29) is 17.9 Å². The summed E-state index contributed by atoms with van der Waals surface area (Å²) in [4.78, 5) is 21.8. The van der Waals surface area contributed by atoms with Crippen molar-refractivity contribution in [3.05, 3.63) is 53.9 Å². The molecule has 2 aromatic heterocycles. The van der Waals surface area contributed by atoms with Gasteiger partial charge in [0.05, 0.1) is 18.2 Å². The molecule has 6 rings (SSSR count). The fraction of sp³-hybridized carbons (Fsp3) is 0.400. The molecule has 0 spiro atoms. The Bertz CT molecular complexity index is 957. The normalized spacial score (nSPS) is 23.1. The van der Waals surface area contributed by atoms with Crippen LogP contribution >= 0.6 is 0 Å². The van der Waals surface area contributed by atoms with E-state index in [0.29, 0.717) is 6.54 Å². The summed E-state index contributed by atoms with van der Waals surface area (Å²) in [5, 5.41) is 7.98. The van der Waals surface area contributed by atoms with Crippen LogP contribution in [0.5, 0.6) is 0 Å². The number of fused-ring (bicyclic) bond motifs is 5. The van der Waals surface area contributed by atoms with Crippen LogP contribution in [0, 0.1) is 5.92 Å². The van der Waals surface area contributed by atoms with Crippen molar-refractivity contribution in [2.75, 3.05) is 13.1 Å². The molecule has 5 heterocycles. The number of hydrogen-bond donors (Lipinski definition) is 0. The van der Waals surface area contributed by atoms with E-state index in [1.807, 2.05) is 35.2 Å². The molecule has 138 valence electrons. The minimum absolute atomic E-state index is 0.0575. The molecule has 2 bridgehead atoms. The lowest BCUT2D eigenvalue weighted by Crippen LogP contribution is -2.47. The van der Waals surface area contributed by atoms with Crippen LogP contribution < -0.4 is 0 Å². The Morgan fingerprint density at radius 2 is 2.00 bits per heavy atom. The number of aromatic nitrogens is 3. The molecule has 3 aliphatic heterocycles. The van der Waals surface area contributed by atoms with E-state index in [1.54, 1.807) is 6.20 Å². The molecule has 0 unspecified atom stereocenters. The molecule has 2 atom stereocenters. The minimum Gasteiger partial charge on any atom is -0.332 e. The van der Waals surface area contributed by atoms with Gasteiger partial charge in [-0.05, 0) is 46.9 Å². The van der Waals surface area contributed by atoms with E-state index >= 15 is 0 Å². The second kappa shape index (κ2) is 6.74. The van der Waals surface area contributed by atoms with Gasteiger partial charge in [0.15, 0.2) is 0 Å². The molecule has 0 aliphatic carbocycles. The molecule has 7 nitrogen and oxygen atoms in total. The molecule has 0 radical (unpaired) electrons. The lowest BCUT2D eigenvalue weighted by Gasteiger charge is -2.35. The average Bonchev–Trinajstić information content (AvgIpc) is 3.03. The summed E-state index contributed by atoms with van der Waals surface area (Å²) in [6.45, 7) is 3.01. The Kier molecular flexibility index (Phi) is 4.09. The quantitative estimate of drug-likeness (QED) is 0.708. The predicted molar refractivity (Wildman–Crippen MR) is 98.4 cm³/mol. The third-order valence-corrected chi connectivity index (χ3v) is 5.69. The van der Waals surface area contributed by atoms with Crippen molar-refractivity contribution in [3.8, 4) is 0 Å². The molecule has 0 N–H and O–H groups in total. The van der Waals surface area contributed by atoms with E-state index in [1.165, 1.54) is 0 Å². The van der Waals surface area contributed by atoms with Crippen molar-refractivity contribution >= 4 is 16.9 Å². The largest absolute Gasteiger partial charge is 0.332 e. The van der Waals surface area contributed by atoms with E-state index < -0.39 is 0 Å². The zero-order valence-corrected chi connectivity index (χ0v) is 15.0. The highest BCUT2D eigenvalue weighted by molar-refractivity contribution is 5.80. The van der Waals surface area contributed by atoms with Gasteiger partial charge in [-0.3, -0.25) is 14.7 Å². The maximum atomic E-state index is 13.0. The van der Waals surface area contributed by atoms with Crippen molar-refractivity contribution in [1.82, 2.24) is 25.1 Å². The van der Waals surface area contributed by atoms with Crippen LogP contribution in [0.15, 0.2) is 47.2 Å². The first-order chi connectivity index (χ1) is 13.3. The predicted octanol–water partition coefficient (Wildman–Crippen LogP) is 2.24. The van der Waals surface area contributed by atoms with Crippen LogP contribution in [0.3, 0.4) is 0 Å². The Morgan fingerprint density at radius 3 is 2.89 bits per heavy atom. The lowest BCUT2D eigenvalue weighted by atomic mass is 9.94. The number of carbonyl (C=O) groups is 1. The molecular weight excluding hydrogens is 342 g/mol. The number of amides is 1. The number of rotatable bonds is 4. The van der Waals surface area contributed by atoms with Crippen LogP contribution in [0.4, 0.5) is 0 Å². The standard InChI is InChI=1S/C20H21N5O2/c26-20-15-7-8-17(25(20)12-16-5-1-2-9-21-16)13-24(11-15)10-14-4-3-6-18-19(14)23-27-22-18/h1-6,9,15,17H,7-8,10-13H2/t15-,17+/m0/s1. The van der Waals surface area contributed by atoms with Gasteiger partial charge >= 0.3 is 0 Å². The van der Waals surface area contributed by atoms with Crippen molar-refractivity contribution in [3.63, 3.8) is 0 Å². The monoisotopic (exact) mass is 363 g/mol. The maximum absolute atomic E-state index is 13.0. The molecule has 3 aliphatic rings. The van der Waals surface area contributed by atoms with E-state index in [4.69, 9.17) is 4.63 Å². The lowest BCUT2D eigenvalue weighted by molar-refractivity contribution is -0.140. The summed E-state index contributed by atoms with van der Waals surface area (Å²) in [5.41, 5.74) is 3.63. The third kappa shape index (κ3) is 3.08. The highest BCUT2D eigenvalue weighted by Crippen LogP contribution is 2.31. The summed E-state index contributed by atoms with van der Waals surface area (Å²) in [6, 6.07) is 12.0. The molecule has 0 saturated carbocycles. The van der Waals surface area contributed by atoms with Gasteiger partial charge in [-0.25, -0.2) is 4.63 Å². The van der Waals surface area contributed by atoms with Gasteiger partial charge in [-0.15, -0.1) is 0 Å². The van der Waals surface area contributed by atoms with Gasteiger partial charge in [0.1, 0.15) is 11.0 Å². The van der Waals surface area contributed by atoms with Gasteiger partial charge in [0.25, 0.3) is 0 Å². The molecule has 3 saturated heterocycles. The number of carbonyl (C=O) groups excluding carboxylic acids is 1. The van der Waals surface area contributed by atoms with Gasteiger partial charge in [-0.1, -0.05) is 18.2 Å². The number of benzene rings is 1. The fourth-order valence-electron chi connectivity index (χ4n) is 4.36. The van der Waals surface area contributed by atoms with Crippen molar-refractivity contribution < 1.29 is 9.42 Å². The molecular formula is C20H21N5O2. The summed E-state index contributed by atoms with van der Waals surface area (Å²) >= 11 is 0. The summed E-state index contributed by atoms with van der Waals surface area (Å²) in [7, 11) is 0. The van der Waals surface area contributed by atoms with Crippen LogP contribution in [-0.2, 0) is 17.9 Å². The van der Waals surface area contributed by atoms with Crippen molar-refractivity contribution in [1.29, 1.82) is 0 Å². The van der Waals surface area contributed by atoms with E-state index in [2.05, 4.69) is 26.3 Å². The fourth-order valence-corrected chi connectivity index (χ4v) is 4.36. The second-order valence-electron chi connectivity index (χ2n) is 7.46. The molecule has 3 aromatic rings. The Balaban J connectivity index is 1.37. The SMILES string of the molecule is O=C1[C@H]2CC[C@H](CN(Cc3cccc4nonc34)C2)N1Cc1ccccn1. The molecule has 1 aromatic carbocycles. The second-order valence-corrected chi connectivity index (χ2v) is 7.46. The zero-order valence-electron chi connectivity index (χ0n) is 15.0. The van der Waals surface area contributed by atoms with Gasteiger partial charge in [0.2, 0.25) is 5.91 Å². The van der Waals surface area contributed by atoms with Gasteiger partial charge < -0.3 is 4.90 Å². The molecule has 1 amide bonds. The first kappa shape index (κ1) is 16.4. The number of pyridine rings is 1. The highest BCUT2D eigenvalue weighted by Gasteiger charge is 2.40. The first-order valence-electron chi connectivity index (χ1n) is 9.41. The number of nitrogens with zero attached hydrogens (tertiary/aromatic N) is 5. The Morgan fingerprint density at radius 1 is 1.04 bits per heavy atom. The minimum atomic E-state index is 0.0575. The highest BCUT2D eigenvalue weighted by atomic mass is 16.6. The number of hydrogen-bond acceptors (Lipinski definition) is 6. The van der Waals surface area contributed by atoms with Gasteiger partial charge in [-0.2, -0.15) is 0 Å². The molecule has 3 fully saturated rings. The summed E-state index contributed by atoms with van der Waals surface area (Å²) in [5.74, 6) is 0.322. The van der Waals surface area contributed by atoms with Crippen molar-refractivity contribution in [2.45, 2.75) is 32.0 Å². The summed E-state index contributed by atoms with van der Waals surface area (Å²) < 4.78 is 4.89. The molecule has 27 heavy (non-hydrogen) atoms. The maximum Gasteiger partial charge on any atom is 0.227 e. The summed E-state index contributed by atoms with van der Waals surface area (Å²) in [6.07, 6.45) is 3.80. The number of piperidine rings is 1. The van der Waals surface area contributed by atoms with Crippen LogP contribution in [0.25, 0.3) is 11.0 Å².